The number of non-ortho nitro benzene ring substituents is 1. The third kappa shape index (κ3) is 3.95. The summed E-state index contributed by atoms with van der Waals surface area (Å²) < 4.78 is 0. The SMILES string of the molecule is O=[N+]([O-])c1ccc(NCCCCO)cc1. The summed E-state index contributed by atoms with van der Waals surface area (Å²) in [5.74, 6) is 0. The predicted octanol–water partition coefficient (Wildman–Crippen LogP) is 1.78. The van der Waals surface area contributed by atoms with E-state index in [-0.39, 0.29) is 12.3 Å². The highest BCUT2D eigenvalue weighted by Crippen LogP contribution is 2.15. The van der Waals surface area contributed by atoms with Gasteiger partial charge < -0.3 is 10.4 Å². The number of nitrogens with one attached hydrogen (secondary N) is 1. The van der Waals surface area contributed by atoms with Gasteiger partial charge in [0.1, 0.15) is 0 Å². The Hall–Kier alpha value is -1.62. The summed E-state index contributed by atoms with van der Waals surface area (Å²) in [6.07, 6.45) is 1.65. The van der Waals surface area contributed by atoms with Crippen LogP contribution in [0.3, 0.4) is 0 Å². The molecule has 5 heteroatoms. The van der Waals surface area contributed by atoms with Crippen LogP contribution >= 0.6 is 0 Å². The van der Waals surface area contributed by atoms with Crippen LogP contribution in [0.4, 0.5) is 11.4 Å². The Morgan fingerprint density at radius 3 is 2.47 bits per heavy atom. The minimum absolute atomic E-state index is 0.0934. The average Bonchev–Trinajstić information content (AvgIpc) is 2.25. The predicted molar refractivity (Wildman–Crippen MR) is 57.9 cm³/mol. The monoisotopic (exact) mass is 210 g/mol. The van der Waals surface area contributed by atoms with Crippen molar-refractivity contribution in [3.8, 4) is 0 Å². The fourth-order valence-electron chi connectivity index (χ4n) is 1.17. The zero-order valence-electron chi connectivity index (χ0n) is 8.35. The molecule has 0 saturated heterocycles. The second-order valence-corrected chi connectivity index (χ2v) is 3.16. The van der Waals surface area contributed by atoms with E-state index in [1.807, 2.05) is 0 Å². The van der Waals surface area contributed by atoms with Crippen molar-refractivity contribution in [1.29, 1.82) is 0 Å². The highest BCUT2D eigenvalue weighted by Gasteiger charge is 2.02. The third-order valence-electron chi connectivity index (χ3n) is 1.99. The second-order valence-electron chi connectivity index (χ2n) is 3.16. The molecule has 82 valence electrons. The minimum atomic E-state index is -0.421. The van der Waals surface area contributed by atoms with Crippen molar-refractivity contribution in [3.63, 3.8) is 0 Å². The molecule has 2 N–H and O–H groups in total. The maximum Gasteiger partial charge on any atom is 0.269 e. The van der Waals surface area contributed by atoms with Crippen LogP contribution in [0.1, 0.15) is 12.8 Å². The molecule has 0 aliphatic heterocycles. The van der Waals surface area contributed by atoms with E-state index in [2.05, 4.69) is 5.32 Å². The van der Waals surface area contributed by atoms with Crippen LogP contribution in [-0.2, 0) is 0 Å². The first-order valence-electron chi connectivity index (χ1n) is 4.83. The van der Waals surface area contributed by atoms with Crippen LogP contribution < -0.4 is 5.32 Å². The van der Waals surface area contributed by atoms with E-state index in [9.17, 15) is 10.1 Å². The van der Waals surface area contributed by atoms with Gasteiger partial charge in [-0.3, -0.25) is 10.1 Å². The molecule has 0 heterocycles. The van der Waals surface area contributed by atoms with Crippen LogP contribution in [0.15, 0.2) is 24.3 Å². The summed E-state index contributed by atoms with van der Waals surface area (Å²) in [6.45, 7) is 0.959. The minimum Gasteiger partial charge on any atom is -0.396 e. The summed E-state index contributed by atoms with van der Waals surface area (Å²) in [4.78, 5) is 9.95. The lowest BCUT2D eigenvalue weighted by Crippen LogP contribution is -2.02. The molecule has 0 aromatic heterocycles. The molecular formula is C10H14N2O3. The van der Waals surface area contributed by atoms with Gasteiger partial charge in [0.2, 0.25) is 0 Å². The van der Waals surface area contributed by atoms with Crippen molar-refractivity contribution in [2.24, 2.45) is 0 Å². The van der Waals surface area contributed by atoms with Gasteiger partial charge in [-0.05, 0) is 25.0 Å². The van der Waals surface area contributed by atoms with Crippen LogP contribution in [0.2, 0.25) is 0 Å². The molecule has 0 amide bonds. The van der Waals surface area contributed by atoms with E-state index in [0.29, 0.717) is 0 Å². The number of hydrogen-bond donors (Lipinski definition) is 2. The highest BCUT2D eigenvalue weighted by atomic mass is 16.6. The number of nitro groups is 1. The molecule has 0 saturated carbocycles. The maximum absolute atomic E-state index is 10.4. The zero-order valence-corrected chi connectivity index (χ0v) is 8.35. The number of nitro benzene ring substituents is 1. The van der Waals surface area contributed by atoms with Gasteiger partial charge in [-0.15, -0.1) is 0 Å². The van der Waals surface area contributed by atoms with Crippen molar-refractivity contribution in [2.45, 2.75) is 12.8 Å². The molecule has 0 atom stereocenters. The maximum atomic E-state index is 10.4. The van der Waals surface area contributed by atoms with Gasteiger partial charge in [0, 0.05) is 31.0 Å². The van der Waals surface area contributed by atoms with Gasteiger partial charge in [0.05, 0.1) is 4.92 Å². The second kappa shape index (κ2) is 5.98. The van der Waals surface area contributed by atoms with Crippen molar-refractivity contribution in [3.05, 3.63) is 34.4 Å². The first kappa shape index (κ1) is 11.5. The number of unbranched alkanes of at least 4 members (excludes halogenated alkanes) is 1. The Labute approximate surface area is 87.9 Å². The van der Waals surface area contributed by atoms with Gasteiger partial charge in [-0.2, -0.15) is 0 Å². The molecular weight excluding hydrogens is 196 g/mol. The number of anilines is 1. The highest BCUT2D eigenvalue weighted by molar-refractivity contribution is 5.48. The number of aliphatic hydroxyl groups is 1. The molecule has 1 aromatic rings. The summed E-state index contributed by atoms with van der Waals surface area (Å²) in [6, 6.07) is 6.29. The van der Waals surface area contributed by atoms with Crippen LogP contribution in [-0.4, -0.2) is 23.2 Å². The Kier molecular flexibility index (Phi) is 4.56. The standard InChI is InChI=1S/C10H14N2O3/c13-8-2-1-7-11-9-3-5-10(6-4-9)12(14)15/h3-6,11,13H,1-2,7-8H2. The quantitative estimate of drug-likeness (QED) is 0.426. The lowest BCUT2D eigenvalue weighted by molar-refractivity contribution is -0.384. The normalized spacial score (nSPS) is 9.93. The van der Waals surface area contributed by atoms with E-state index in [0.717, 1.165) is 25.1 Å². The van der Waals surface area contributed by atoms with Gasteiger partial charge in [0.15, 0.2) is 0 Å². The fraction of sp³-hybridized carbons (Fsp3) is 0.400. The molecule has 0 aliphatic rings. The van der Waals surface area contributed by atoms with Crippen molar-refractivity contribution in [1.82, 2.24) is 0 Å². The molecule has 0 radical (unpaired) electrons. The van der Waals surface area contributed by atoms with E-state index >= 15 is 0 Å². The van der Waals surface area contributed by atoms with E-state index in [4.69, 9.17) is 5.11 Å². The fourth-order valence-corrected chi connectivity index (χ4v) is 1.17. The van der Waals surface area contributed by atoms with Gasteiger partial charge in [-0.25, -0.2) is 0 Å². The Morgan fingerprint density at radius 2 is 1.93 bits per heavy atom. The van der Waals surface area contributed by atoms with Crippen LogP contribution in [0.5, 0.6) is 0 Å². The number of benzene rings is 1. The number of hydrogen-bond acceptors (Lipinski definition) is 4. The lowest BCUT2D eigenvalue weighted by Gasteiger charge is -2.04. The molecule has 0 spiro atoms. The zero-order chi connectivity index (χ0) is 11.1. The molecule has 1 rings (SSSR count). The van der Waals surface area contributed by atoms with Crippen LogP contribution in [0, 0.1) is 10.1 Å². The van der Waals surface area contributed by atoms with Gasteiger partial charge in [-0.1, -0.05) is 0 Å². The number of aliphatic hydroxyl groups excluding tert-OH is 1. The van der Waals surface area contributed by atoms with Crippen molar-refractivity contribution >= 4 is 11.4 Å². The smallest absolute Gasteiger partial charge is 0.269 e. The Morgan fingerprint density at radius 1 is 1.27 bits per heavy atom. The van der Waals surface area contributed by atoms with E-state index in [1.165, 1.54) is 12.1 Å². The van der Waals surface area contributed by atoms with Crippen LogP contribution in [0.25, 0.3) is 0 Å². The Balaban J connectivity index is 2.39. The molecule has 15 heavy (non-hydrogen) atoms. The largest absolute Gasteiger partial charge is 0.396 e. The molecule has 1 aromatic carbocycles. The van der Waals surface area contributed by atoms with Gasteiger partial charge >= 0.3 is 0 Å². The lowest BCUT2D eigenvalue weighted by atomic mass is 10.2. The summed E-state index contributed by atoms with van der Waals surface area (Å²) in [5.41, 5.74) is 0.953. The molecule has 5 nitrogen and oxygen atoms in total. The average molecular weight is 210 g/mol. The summed E-state index contributed by atoms with van der Waals surface area (Å²) >= 11 is 0. The first-order valence-corrected chi connectivity index (χ1v) is 4.83. The number of rotatable bonds is 6. The number of nitrogens with zero attached hydrogens (tertiary/aromatic N) is 1. The Bertz CT molecular complexity index is 311. The first-order chi connectivity index (χ1) is 7.24. The topological polar surface area (TPSA) is 75.4 Å². The summed E-state index contributed by atoms with van der Waals surface area (Å²) in [7, 11) is 0. The molecule has 0 fully saturated rings. The van der Waals surface area contributed by atoms with E-state index in [1.54, 1.807) is 12.1 Å². The third-order valence-corrected chi connectivity index (χ3v) is 1.99. The van der Waals surface area contributed by atoms with Crippen molar-refractivity contribution in [2.75, 3.05) is 18.5 Å². The molecule has 0 aliphatic carbocycles. The van der Waals surface area contributed by atoms with Crippen molar-refractivity contribution < 1.29 is 10.0 Å². The van der Waals surface area contributed by atoms with Gasteiger partial charge in [0.25, 0.3) is 5.69 Å². The summed E-state index contributed by atoms with van der Waals surface area (Å²) in [5, 5.41) is 22.0. The molecule has 0 bridgehead atoms. The molecule has 0 unspecified atom stereocenters. The van der Waals surface area contributed by atoms with E-state index < -0.39 is 4.92 Å².